The second kappa shape index (κ2) is 7.02. The van der Waals surface area contributed by atoms with Crippen LogP contribution in [-0.2, 0) is 4.74 Å². The highest BCUT2D eigenvalue weighted by Gasteiger charge is 2.31. The van der Waals surface area contributed by atoms with Gasteiger partial charge in [0.05, 0.1) is 6.04 Å². The number of carbonyl (C=O) groups excluding carboxylic acids is 1. The van der Waals surface area contributed by atoms with Crippen molar-refractivity contribution in [2.75, 3.05) is 24.5 Å². The first-order valence-corrected chi connectivity index (χ1v) is 8.07. The minimum Gasteiger partial charge on any atom is -0.444 e. The first-order valence-electron chi connectivity index (χ1n) is 8.07. The molecule has 1 aromatic rings. The summed E-state index contributed by atoms with van der Waals surface area (Å²) in [6, 6.07) is 6.02. The molecule has 2 rings (SSSR count). The molecule has 0 saturated carbocycles. The highest BCUT2D eigenvalue weighted by atomic mass is 16.6. The van der Waals surface area contributed by atoms with Gasteiger partial charge in [-0.3, -0.25) is 0 Å². The second-order valence-electron chi connectivity index (χ2n) is 7.12. The summed E-state index contributed by atoms with van der Waals surface area (Å²) >= 11 is 0. The van der Waals surface area contributed by atoms with Crippen LogP contribution in [0.5, 0.6) is 0 Å². The zero-order valence-electron chi connectivity index (χ0n) is 14.7. The number of piperazine rings is 1. The summed E-state index contributed by atoms with van der Waals surface area (Å²) in [6.45, 7) is 11.8. The molecule has 0 aromatic carbocycles. The van der Waals surface area contributed by atoms with E-state index in [0.29, 0.717) is 13.1 Å². The highest BCUT2D eigenvalue weighted by molar-refractivity contribution is 5.69. The predicted molar refractivity (Wildman–Crippen MR) is 92.6 cm³/mol. The van der Waals surface area contributed by atoms with Crippen LogP contribution in [0.15, 0.2) is 36.0 Å². The lowest BCUT2D eigenvalue weighted by molar-refractivity contribution is 0.0225. The summed E-state index contributed by atoms with van der Waals surface area (Å²) in [5, 5.41) is 0. The van der Waals surface area contributed by atoms with Crippen LogP contribution in [0, 0.1) is 0 Å². The van der Waals surface area contributed by atoms with Crippen LogP contribution in [0.3, 0.4) is 0 Å². The Kier molecular flexibility index (Phi) is 5.29. The molecule has 0 aliphatic carbocycles. The van der Waals surface area contributed by atoms with Crippen molar-refractivity contribution < 1.29 is 9.53 Å². The van der Waals surface area contributed by atoms with Crippen LogP contribution < -0.4 is 4.90 Å². The molecule has 23 heavy (non-hydrogen) atoms. The number of ether oxygens (including phenoxy) is 1. The van der Waals surface area contributed by atoms with Gasteiger partial charge in [0.1, 0.15) is 11.4 Å². The molecule has 0 radical (unpaired) electrons. The normalized spacial score (nSPS) is 18.6. The van der Waals surface area contributed by atoms with E-state index < -0.39 is 5.60 Å². The maximum atomic E-state index is 12.3. The molecule has 1 aliphatic heterocycles. The van der Waals surface area contributed by atoms with E-state index >= 15 is 0 Å². The maximum absolute atomic E-state index is 12.3. The molecule has 126 valence electrons. The van der Waals surface area contributed by atoms with Gasteiger partial charge in [0.2, 0.25) is 0 Å². The van der Waals surface area contributed by atoms with Crippen molar-refractivity contribution >= 4 is 11.9 Å². The summed E-state index contributed by atoms with van der Waals surface area (Å²) in [5.74, 6) is 0.943. The number of anilines is 1. The molecule has 0 N–H and O–H groups in total. The first kappa shape index (κ1) is 17.3. The van der Waals surface area contributed by atoms with E-state index in [1.165, 1.54) is 5.57 Å². The molecule has 1 fully saturated rings. The third kappa shape index (κ3) is 4.98. The van der Waals surface area contributed by atoms with Crippen LogP contribution in [0.4, 0.5) is 10.6 Å². The molecule has 0 bridgehead atoms. The van der Waals surface area contributed by atoms with Gasteiger partial charge in [0.15, 0.2) is 0 Å². The number of rotatable bonds is 2. The Hall–Kier alpha value is -2.04. The lowest BCUT2D eigenvalue weighted by Gasteiger charge is -2.41. The van der Waals surface area contributed by atoms with Crippen LogP contribution in [0.25, 0.3) is 0 Å². The van der Waals surface area contributed by atoms with Gasteiger partial charge in [0, 0.05) is 25.8 Å². The fraction of sp³-hybridized carbons (Fsp3) is 0.556. The zero-order valence-corrected chi connectivity index (χ0v) is 14.7. The summed E-state index contributed by atoms with van der Waals surface area (Å²) in [4.78, 5) is 20.8. The highest BCUT2D eigenvalue weighted by Crippen LogP contribution is 2.21. The van der Waals surface area contributed by atoms with E-state index in [0.717, 1.165) is 12.4 Å². The number of carbonyl (C=O) groups is 1. The largest absolute Gasteiger partial charge is 0.444 e. The molecule has 0 spiro atoms. The molecule has 1 aliphatic rings. The Morgan fingerprint density at radius 3 is 2.61 bits per heavy atom. The first-order chi connectivity index (χ1) is 10.8. The molecule has 5 heteroatoms. The van der Waals surface area contributed by atoms with Crippen LogP contribution in [0.1, 0.15) is 34.6 Å². The van der Waals surface area contributed by atoms with Gasteiger partial charge in [-0.25, -0.2) is 9.78 Å². The minimum absolute atomic E-state index is 0.108. The number of pyridine rings is 1. The molecule has 1 atom stereocenters. The number of nitrogens with zero attached hydrogens (tertiary/aromatic N) is 3. The van der Waals surface area contributed by atoms with Crippen molar-refractivity contribution in [3.63, 3.8) is 0 Å². The number of hydrogen-bond donors (Lipinski definition) is 0. The number of hydrogen-bond acceptors (Lipinski definition) is 4. The molecular weight excluding hydrogens is 290 g/mol. The average Bonchev–Trinajstić information content (AvgIpc) is 2.45. The fourth-order valence-corrected chi connectivity index (χ4v) is 2.64. The number of allylic oxidation sites excluding steroid dienone is 1. The SMILES string of the molecule is CC(C)=CC1CN(C(=O)OC(C)(C)C)CCN1c1ccccn1. The van der Waals surface area contributed by atoms with Gasteiger partial charge in [-0.2, -0.15) is 0 Å². The van der Waals surface area contributed by atoms with Crippen molar-refractivity contribution in [3.05, 3.63) is 36.0 Å². The summed E-state index contributed by atoms with van der Waals surface area (Å²) in [6.07, 6.45) is 3.74. The van der Waals surface area contributed by atoms with Crippen LogP contribution >= 0.6 is 0 Å². The van der Waals surface area contributed by atoms with Crippen molar-refractivity contribution in [1.29, 1.82) is 0 Å². The maximum Gasteiger partial charge on any atom is 0.410 e. The molecule has 5 nitrogen and oxygen atoms in total. The zero-order chi connectivity index (χ0) is 17.0. The smallest absolute Gasteiger partial charge is 0.410 e. The Labute approximate surface area is 138 Å². The van der Waals surface area contributed by atoms with Crippen molar-refractivity contribution in [1.82, 2.24) is 9.88 Å². The van der Waals surface area contributed by atoms with Gasteiger partial charge < -0.3 is 14.5 Å². The van der Waals surface area contributed by atoms with Crippen LogP contribution in [-0.4, -0.2) is 47.3 Å². The van der Waals surface area contributed by atoms with Crippen LogP contribution in [0.2, 0.25) is 0 Å². The van der Waals surface area contributed by atoms with Gasteiger partial charge >= 0.3 is 6.09 Å². The molecule has 1 saturated heterocycles. The fourth-order valence-electron chi connectivity index (χ4n) is 2.64. The van der Waals surface area contributed by atoms with Gasteiger partial charge in [0.25, 0.3) is 0 Å². The minimum atomic E-state index is -0.471. The Morgan fingerprint density at radius 2 is 2.04 bits per heavy atom. The Balaban J connectivity index is 2.15. The van der Waals surface area contributed by atoms with E-state index in [-0.39, 0.29) is 12.1 Å². The third-order valence-corrected chi connectivity index (χ3v) is 3.54. The van der Waals surface area contributed by atoms with E-state index in [1.807, 2.05) is 39.0 Å². The standard InChI is InChI=1S/C18H27N3O2/c1-14(2)12-15-13-20(17(22)23-18(3,4)5)10-11-21(15)16-8-6-7-9-19-16/h6-9,12,15H,10-11,13H2,1-5H3. The number of amides is 1. The third-order valence-electron chi connectivity index (χ3n) is 3.54. The number of aromatic nitrogens is 1. The summed E-state index contributed by atoms with van der Waals surface area (Å²) in [7, 11) is 0. The van der Waals surface area contributed by atoms with Gasteiger partial charge in [-0.15, -0.1) is 0 Å². The van der Waals surface area contributed by atoms with Gasteiger partial charge in [-0.05, 0) is 46.8 Å². The van der Waals surface area contributed by atoms with Crippen molar-refractivity contribution in [2.24, 2.45) is 0 Å². The van der Waals surface area contributed by atoms with Gasteiger partial charge in [-0.1, -0.05) is 17.7 Å². The average molecular weight is 317 g/mol. The van der Waals surface area contributed by atoms with E-state index in [2.05, 4.69) is 29.8 Å². The van der Waals surface area contributed by atoms with Crippen molar-refractivity contribution in [3.8, 4) is 0 Å². The quantitative estimate of drug-likeness (QED) is 0.784. The lowest BCUT2D eigenvalue weighted by Crippen LogP contribution is -2.55. The monoisotopic (exact) mass is 317 g/mol. The van der Waals surface area contributed by atoms with E-state index in [1.54, 1.807) is 11.1 Å². The second-order valence-corrected chi connectivity index (χ2v) is 7.12. The molecule has 1 amide bonds. The van der Waals surface area contributed by atoms with Crippen molar-refractivity contribution in [2.45, 2.75) is 46.3 Å². The van der Waals surface area contributed by atoms with E-state index in [9.17, 15) is 4.79 Å². The molecule has 1 aromatic heterocycles. The topological polar surface area (TPSA) is 45.7 Å². The molecular formula is C18H27N3O2. The Bertz CT molecular complexity index is 559. The summed E-state index contributed by atoms with van der Waals surface area (Å²) in [5.41, 5.74) is 0.753. The summed E-state index contributed by atoms with van der Waals surface area (Å²) < 4.78 is 5.50. The van der Waals surface area contributed by atoms with E-state index in [4.69, 9.17) is 4.74 Å². The predicted octanol–water partition coefficient (Wildman–Crippen LogP) is 3.47. The molecule has 1 unspecified atom stereocenters. The lowest BCUT2D eigenvalue weighted by atomic mass is 10.1. The Morgan fingerprint density at radius 1 is 1.30 bits per heavy atom. The molecule has 2 heterocycles.